The quantitative estimate of drug-likeness (QED) is 0.251. The van der Waals surface area contributed by atoms with Crippen molar-refractivity contribution in [2.24, 2.45) is 0 Å². The third-order valence-corrected chi connectivity index (χ3v) is 4.63. The predicted molar refractivity (Wildman–Crippen MR) is 85.2 cm³/mol. The molecule has 6 N–H and O–H groups in total. The number of aliphatic hydroxyl groups excluding tert-OH is 2. The Balaban J connectivity index is 2.22. The van der Waals surface area contributed by atoms with E-state index in [4.69, 9.17) is 9.47 Å². The zero-order valence-corrected chi connectivity index (χ0v) is 13.6. The fourth-order valence-electron chi connectivity index (χ4n) is 3.17. The highest BCUT2D eigenvalue weighted by atomic mass is 16.6. The molecule has 0 radical (unpaired) electrons. The molecule has 0 aliphatic carbocycles. The Morgan fingerprint density at radius 3 is 2.72 bits per heavy atom. The monoisotopic (exact) mass is 354 g/mol. The van der Waals surface area contributed by atoms with E-state index in [1.165, 1.54) is 24.2 Å². The zero-order chi connectivity index (χ0) is 18.4. The van der Waals surface area contributed by atoms with Crippen LogP contribution in [-0.2, 0) is 9.47 Å². The fourth-order valence-corrected chi connectivity index (χ4v) is 3.17. The molecular formula is C13H19BN4O7. The number of rotatable bonds is 5. The minimum absolute atomic E-state index is 0.0242. The Bertz CT molecular complexity index is 772. The first-order valence-electron chi connectivity index (χ1n) is 7.50. The molecule has 0 aromatic carbocycles. The SMILES string of the molecule is COC1(C)C(O)C(CO)O[C@H]1n1cc(B(O)O)c2c(NO)ncnc21. The second-order valence-electron chi connectivity index (χ2n) is 5.94. The van der Waals surface area contributed by atoms with Crippen molar-refractivity contribution in [3.8, 4) is 0 Å². The maximum atomic E-state index is 10.4. The molecule has 136 valence electrons. The highest BCUT2D eigenvalue weighted by molar-refractivity contribution is 6.62. The first-order valence-corrected chi connectivity index (χ1v) is 7.50. The van der Waals surface area contributed by atoms with Crippen LogP contribution in [0.5, 0.6) is 0 Å². The van der Waals surface area contributed by atoms with E-state index in [1.54, 1.807) is 6.92 Å². The van der Waals surface area contributed by atoms with Gasteiger partial charge in [0.15, 0.2) is 12.0 Å². The zero-order valence-electron chi connectivity index (χ0n) is 13.6. The molecule has 11 nitrogen and oxygen atoms in total. The molecule has 1 fully saturated rings. The summed E-state index contributed by atoms with van der Waals surface area (Å²) in [5.41, 5.74) is 0.884. The van der Waals surface area contributed by atoms with Crippen LogP contribution in [-0.4, -0.2) is 78.6 Å². The predicted octanol–water partition coefficient (Wildman–Crippen LogP) is -2.43. The summed E-state index contributed by atoms with van der Waals surface area (Å²) in [5.74, 6) is -0.0248. The molecule has 1 aliphatic heterocycles. The molecule has 3 unspecified atom stereocenters. The van der Waals surface area contributed by atoms with Crippen LogP contribution in [0.2, 0.25) is 0 Å². The molecule has 2 aromatic rings. The summed E-state index contributed by atoms with van der Waals surface area (Å²) < 4.78 is 12.6. The fraction of sp³-hybridized carbons (Fsp3) is 0.538. The standard InChI is InChI=1S/C13H19BN4O7/c1-13(24-2)9(20)7(4-19)25-12(13)18-3-6(14(21)22)8-10(17-23)15-5-16-11(8)18/h3,5,7,9,12,19-23H,4H2,1-2H3,(H,15,16,17)/t7?,9?,12-,13?/m1/s1. The number of hydrogen-bond donors (Lipinski definition) is 6. The third kappa shape index (κ3) is 2.59. The van der Waals surface area contributed by atoms with Crippen molar-refractivity contribution in [1.82, 2.24) is 14.5 Å². The average Bonchev–Trinajstić information content (AvgIpc) is 3.12. The van der Waals surface area contributed by atoms with E-state index >= 15 is 0 Å². The lowest BCUT2D eigenvalue weighted by Gasteiger charge is -2.31. The molecule has 0 spiro atoms. The van der Waals surface area contributed by atoms with Gasteiger partial charge in [0.2, 0.25) is 0 Å². The maximum Gasteiger partial charge on any atom is 0.490 e. The molecule has 25 heavy (non-hydrogen) atoms. The van der Waals surface area contributed by atoms with E-state index in [2.05, 4.69) is 9.97 Å². The van der Waals surface area contributed by atoms with E-state index in [9.17, 15) is 25.5 Å². The van der Waals surface area contributed by atoms with E-state index in [0.717, 1.165) is 0 Å². The van der Waals surface area contributed by atoms with Crippen molar-refractivity contribution < 1.29 is 34.9 Å². The van der Waals surface area contributed by atoms with Gasteiger partial charge in [-0.3, -0.25) is 10.7 Å². The van der Waals surface area contributed by atoms with Crippen LogP contribution in [0.15, 0.2) is 12.5 Å². The molecule has 3 rings (SSSR count). The highest BCUT2D eigenvalue weighted by Gasteiger charge is 2.55. The van der Waals surface area contributed by atoms with Crippen molar-refractivity contribution in [1.29, 1.82) is 0 Å². The van der Waals surface area contributed by atoms with Crippen LogP contribution >= 0.6 is 0 Å². The summed E-state index contributed by atoms with van der Waals surface area (Å²) in [6, 6.07) is 0. The van der Waals surface area contributed by atoms with Gasteiger partial charge in [0.25, 0.3) is 0 Å². The first kappa shape index (κ1) is 18.0. The number of fused-ring (bicyclic) bond motifs is 1. The molecule has 0 amide bonds. The molecule has 1 aliphatic rings. The van der Waals surface area contributed by atoms with E-state index in [-0.39, 0.29) is 22.3 Å². The van der Waals surface area contributed by atoms with Gasteiger partial charge in [0.05, 0.1) is 12.0 Å². The minimum Gasteiger partial charge on any atom is -0.423 e. The van der Waals surface area contributed by atoms with E-state index < -0.39 is 37.8 Å². The number of aromatic nitrogens is 3. The van der Waals surface area contributed by atoms with Crippen molar-refractivity contribution in [2.45, 2.75) is 31.0 Å². The van der Waals surface area contributed by atoms with Crippen LogP contribution in [0.3, 0.4) is 0 Å². The topological polar surface area (TPSA) is 162 Å². The van der Waals surface area contributed by atoms with Crippen LogP contribution in [0.1, 0.15) is 13.2 Å². The normalized spacial score (nSPS) is 29.3. The lowest BCUT2D eigenvalue weighted by molar-refractivity contribution is -0.118. The Hall–Kier alpha value is -1.80. The number of methoxy groups -OCH3 is 1. The molecular weight excluding hydrogens is 335 g/mol. The van der Waals surface area contributed by atoms with E-state index in [0.29, 0.717) is 0 Å². The van der Waals surface area contributed by atoms with Gasteiger partial charge in [-0.25, -0.2) is 9.97 Å². The summed E-state index contributed by atoms with van der Waals surface area (Å²) in [6.07, 6.45) is -0.429. The van der Waals surface area contributed by atoms with Crippen LogP contribution in [0.4, 0.5) is 5.82 Å². The lowest BCUT2D eigenvalue weighted by Crippen LogP contribution is -2.46. The van der Waals surface area contributed by atoms with Crippen LogP contribution in [0, 0.1) is 0 Å². The average molecular weight is 354 g/mol. The minimum atomic E-state index is -1.87. The van der Waals surface area contributed by atoms with Crippen molar-refractivity contribution in [3.05, 3.63) is 12.5 Å². The number of anilines is 1. The molecule has 0 bridgehead atoms. The van der Waals surface area contributed by atoms with Gasteiger partial charge < -0.3 is 34.3 Å². The van der Waals surface area contributed by atoms with E-state index in [1.807, 2.05) is 5.48 Å². The first-order chi connectivity index (χ1) is 11.9. The number of hydrogen-bond acceptors (Lipinski definition) is 10. The van der Waals surface area contributed by atoms with Crippen LogP contribution < -0.4 is 10.9 Å². The van der Waals surface area contributed by atoms with Gasteiger partial charge in [-0.2, -0.15) is 0 Å². The van der Waals surface area contributed by atoms with Crippen molar-refractivity contribution in [2.75, 3.05) is 19.2 Å². The van der Waals surface area contributed by atoms with Gasteiger partial charge in [0.1, 0.15) is 29.8 Å². The Morgan fingerprint density at radius 2 is 2.16 bits per heavy atom. The molecule has 3 heterocycles. The van der Waals surface area contributed by atoms with Gasteiger partial charge in [-0.05, 0) is 6.92 Å². The second-order valence-corrected chi connectivity index (χ2v) is 5.94. The van der Waals surface area contributed by atoms with Crippen LogP contribution in [0.25, 0.3) is 11.0 Å². The molecule has 2 aromatic heterocycles. The summed E-state index contributed by atoms with van der Waals surface area (Å²) in [6.45, 7) is 1.18. The molecule has 4 atom stereocenters. The summed E-state index contributed by atoms with van der Waals surface area (Å²) in [7, 11) is -0.474. The maximum absolute atomic E-state index is 10.4. The smallest absolute Gasteiger partial charge is 0.423 e. The summed E-state index contributed by atoms with van der Waals surface area (Å²) in [5, 5.41) is 48.6. The number of ether oxygens (including phenoxy) is 2. The molecule has 0 saturated carbocycles. The summed E-state index contributed by atoms with van der Waals surface area (Å²) in [4.78, 5) is 7.95. The number of nitrogens with zero attached hydrogens (tertiary/aromatic N) is 3. The van der Waals surface area contributed by atoms with Crippen molar-refractivity contribution in [3.63, 3.8) is 0 Å². The Kier molecular flexibility index (Phi) is 4.68. The van der Waals surface area contributed by atoms with Gasteiger partial charge >= 0.3 is 7.12 Å². The number of aliphatic hydroxyl groups is 2. The molecule has 1 saturated heterocycles. The lowest BCUT2D eigenvalue weighted by atomic mass is 9.80. The summed E-state index contributed by atoms with van der Waals surface area (Å²) >= 11 is 0. The Morgan fingerprint density at radius 1 is 1.44 bits per heavy atom. The third-order valence-electron chi connectivity index (χ3n) is 4.63. The molecule has 12 heteroatoms. The van der Waals surface area contributed by atoms with Crippen molar-refractivity contribution >= 4 is 29.4 Å². The van der Waals surface area contributed by atoms with Gasteiger partial charge in [-0.1, -0.05) is 0 Å². The number of nitrogens with one attached hydrogen (secondary N) is 1. The highest BCUT2D eigenvalue weighted by Crippen LogP contribution is 2.42. The van der Waals surface area contributed by atoms with Gasteiger partial charge in [-0.15, -0.1) is 0 Å². The van der Waals surface area contributed by atoms with Gasteiger partial charge in [0, 0.05) is 18.8 Å². The second kappa shape index (κ2) is 6.50. The Labute approximate surface area is 142 Å². The largest absolute Gasteiger partial charge is 0.490 e.